The van der Waals surface area contributed by atoms with Crippen LogP contribution < -0.4 is 5.32 Å². The molecule has 0 spiro atoms. The summed E-state index contributed by atoms with van der Waals surface area (Å²) in [6.07, 6.45) is 9.43. The highest BCUT2D eigenvalue weighted by Crippen LogP contribution is 2.29. The van der Waals surface area contributed by atoms with E-state index in [0.29, 0.717) is 6.04 Å². The van der Waals surface area contributed by atoms with Gasteiger partial charge in [-0.05, 0) is 19.1 Å². The van der Waals surface area contributed by atoms with Gasteiger partial charge in [-0.1, -0.05) is 12.8 Å². The number of thioether (sulfide) groups is 1. The van der Waals surface area contributed by atoms with Crippen molar-refractivity contribution in [1.29, 1.82) is 0 Å². The first-order valence-electron chi connectivity index (χ1n) is 5.58. The Kier molecular flexibility index (Phi) is 3.57. The van der Waals surface area contributed by atoms with Gasteiger partial charge >= 0.3 is 0 Å². The lowest BCUT2D eigenvalue weighted by Crippen LogP contribution is -2.34. The molecule has 1 aliphatic carbocycles. The Morgan fingerprint density at radius 3 is 2.93 bits per heavy atom. The number of hydrogen-bond donors (Lipinski definition) is 1. The Hall–Kier alpha value is -0.640. The van der Waals surface area contributed by atoms with E-state index in [1.54, 1.807) is 0 Å². The van der Waals surface area contributed by atoms with Gasteiger partial charge in [-0.25, -0.2) is 0 Å². The second-order valence-electron chi connectivity index (χ2n) is 4.15. The topological polar surface area (TPSA) is 29.9 Å². The van der Waals surface area contributed by atoms with Crippen LogP contribution in [-0.2, 0) is 7.05 Å². The highest BCUT2D eigenvalue weighted by atomic mass is 32.2. The average Bonchev–Trinajstić information content (AvgIpc) is 2.65. The van der Waals surface area contributed by atoms with Crippen LogP contribution in [0.25, 0.3) is 0 Å². The van der Waals surface area contributed by atoms with E-state index in [9.17, 15) is 0 Å². The third-order valence-corrected chi connectivity index (χ3v) is 4.33. The van der Waals surface area contributed by atoms with Crippen LogP contribution in [-0.4, -0.2) is 27.3 Å². The summed E-state index contributed by atoms with van der Waals surface area (Å²) >= 11 is 1.99. The predicted molar refractivity (Wildman–Crippen MR) is 66.4 cm³/mol. The van der Waals surface area contributed by atoms with E-state index in [-0.39, 0.29) is 0 Å². The normalized spacial score (nSPS) is 26.5. The van der Waals surface area contributed by atoms with Crippen molar-refractivity contribution >= 4 is 17.6 Å². The van der Waals surface area contributed by atoms with Crippen LogP contribution in [0.4, 0.5) is 5.82 Å². The molecule has 1 N–H and O–H groups in total. The first-order valence-corrected chi connectivity index (χ1v) is 6.87. The van der Waals surface area contributed by atoms with Crippen LogP contribution in [0.2, 0.25) is 0 Å². The molecule has 1 heterocycles. The van der Waals surface area contributed by atoms with Gasteiger partial charge in [-0.15, -0.1) is 0 Å². The molecule has 0 aromatic carbocycles. The molecule has 1 aromatic heterocycles. The first-order chi connectivity index (χ1) is 7.31. The lowest BCUT2D eigenvalue weighted by molar-refractivity contribution is 0.472. The molecule has 0 bridgehead atoms. The van der Waals surface area contributed by atoms with Crippen molar-refractivity contribution in [3.05, 3.63) is 12.3 Å². The summed E-state index contributed by atoms with van der Waals surface area (Å²) in [5.74, 6) is 1.14. The number of aryl methyl sites for hydroxylation is 1. The smallest absolute Gasteiger partial charge is 0.124 e. The Balaban J connectivity index is 2.00. The zero-order valence-corrected chi connectivity index (χ0v) is 10.3. The quantitative estimate of drug-likeness (QED) is 0.857. The summed E-state index contributed by atoms with van der Waals surface area (Å²) in [5.41, 5.74) is 0. The van der Waals surface area contributed by atoms with Gasteiger partial charge in [-0.2, -0.15) is 16.9 Å². The second-order valence-corrected chi connectivity index (χ2v) is 5.23. The van der Waals surface area contributed by atoms with Gasteiger partial charge in [0.1, 0.15) is 5.82 Å². The molecule has 1 aromatic rings. The Labute approximate surface area is 95.6 Å². The summed E-state index contributed by atoms with van der Waals surface area (Å²) in [6.45, 7) is 0. The fourth-order valence-electron chi connectivity index (χ4n) is 2.25. The fourth-order valence-corrected chi connectivity index (χ4v) is 3.18. The number of nitrogens with zero attached hydrogens (tertiary/aromatic N) is 2. The molecule has 0 radical (unpaired) electrons. The van der Waals surface area contributed by atoms with Gasteiger partial charge in [-0.3, -0.25) is 4.68 Å². The number of nitrogens with one attached hydrogen (secondary N) is 1. The molecule has 0 saturated heterocycles. The van der Waals surface area contributed by atoms with E-state index in [1.807, 2.05) is 35.8 Å². The van der Waals surface area contributed by atoms with Crippen LogP contribution in [0.15, 0.2) is 12.3 Å². The van der Waals surface area contributed by atoms with E-state index >= 15 is 0 Å². The maximum absolute atomic E-state index is 4.18. The highest BCUT2D eigenvalue weighted by Gasteiger charge is 2.24. The predicted octanol–water partition coefficient (Wildman–Crippen LogP) is 2.51. The second kappa shape index (κ2) is 4.92. The van der Waals surface area contributed by atoms with Gasteiger partial charge in [0, 0.05) is 24.4 Å². The maximum atomic E-state index is 4.18. The molecule has 2 atom stereocenters. The lowest BCUT2D eigenvalue weighted by atomic mass is 9.95. The van der Waals surface area contributed by atoms with Gasteiger partial charge in [0.05, 0.1) is 6.20 Å². The SMILES string of the molecule is CSC1CCCCC1Nc1ccnn1C. The summed E-state index contributed by atoms with van der Waals surface area (Å²) in [5, 5.41) is 8.55. The summed E-state index contributed by atoms with van der Waals surface area (Å²) in [7, 11) is 1.99. The minimum atomic E-state index is 0.615. The van der Waals surface area contributed by atoms with Crippen LogP contribution in [0, 0.1) is 0 Å². The Morgan fingerprint density at radius 2 is 2.27 bits per heavy atom. The Bertz CT molecular complexity index is 311. The van der Waals surface area contributed by atoms with Gasteiger partial charge < -0.3 is 5.32 Å². The van der Waals surface area contributed by atoms with E-state index in [0.717, 1.165) is 11.1 Å². The van der Waals surface area contributed by atoms with Crippen LogP contribution in [0.5, 0.6) is 0 Å². The zero-order valence-electron chi connectivity index (χ0n) is 9.44. The van der Waals surface area contributed by atoms with Crippen molar-refractivity contribution < 1.29 is 0 Å². The average molecular weight is 225 g/mol. The molecule has 1 saturated carbocycles. The van der Waals surface area contributed by atoms with Gasteiger partial charge in [0.2, 0.25) is 0 Å². The van der Waals surface area contributed by atoms with E-state index < -0.39 is 0 Å². The molecule has 1 fully saturated rings. The highest BCUT2D eigenvalue weighted by molar-refractivity contribution is 7.99. The molecule has 84 valence electrons. The first kappa shape index (κ1) is 10.9. The van der Waals surface area contributed by atoms with Crippen molar-refractivity contribution in [2.75, 3.05) is 11.6 Å². The molecule has 0 amide bonds. The molecular weight excluding hydrogens is 206 g/mol. The third-order valence-electron chi connectivity index (χ3n) is 3.16. The van der Waals surface area contributed by atoms with Crippen LogP contribution >= 0.6 is 11.8 Å². The van der Waals surface area contributed by atoms with Crippen molar-refractivity contribution in [3.63, 3.8) is 0 Å². The molecule has 2 unspecified atom stereocenters. The number of aromatic nitrogens is 2. The standard InChI is InChI=1S/C11H19N3S/c1-14-11(7-8-12-14)13-9-5-3-4-6-10(9)15-2/h7-10,13H,3-6H2,1-2H3. The van der Waals surface area contributed by atoms with Crippen molar-refractivity contribution in [1.82, 2.24) is 9.78 Å². The van der Waals surface area contributed by atoms with E-state index in [1.165, 1.54) is 25.7 Å². The zero-order chi connectivity index (χ0) is 10.7. The third kappa shape index (κ3) is 2.48. The minimum Gasteiger partial charge on any atom is -0.366 e. The summed E-state index contributed by atoms with van der Waals surface area (Å²) in [6, 6.07) is 2.66. The molecule has 15 heavy (non-hydrogen) atoms. The lowest BCUT2D eigenvalue weighted by Gasteiger charge is -2.31. The molecule has 4 heteroatoms. The minimum absolute atomic E-state index is 0.615. The van der Waals surface area contributed by atoms with Gasteiger partial charge in [0.25, 0.3) is 0 Å². The molecule has 1 aliphatic rings. The fraction of sp³-hybridized carbons (Fsp3) is 0.727. The van der Waals surface area contributed by atoms with Crippen molar-refractivity contribution in [2.24, 2.45) is 7.05 Å². The maximum Gasteiger partial charge on any atom is 0.124 e. The van der Waals surface area contributed by atoms with E-state index in [2.05, 4.69) is 16.7 Å². The monoisotopic (exact) mass is 225 g/mol. The number of anilines is 1. The van der Waals surface area contributed by atoms with E-state index in [4.69, 9.17) is 0 Å². The summed E-state index contributed by atoms with van der Waals surface area (Å²) < 4.78 is 1.91. The molecular formula is C11H19N3S. The van der Waals surface area contributed by atoms with Crippen molar-refractivity contribution in [3.8, 4) is 0 Å². The van der Waals surface area contributed by atoms with Gasteiger partial charge in [0.15, 0.2) is 0 Å². The largest absolute Gasteiger partial charge is 0.366 e. The van der Waals surface area contributed by atoms with Crippen LogP contribution in [0.1, 0.15) is 25.7 Å². The van der Waals surface area contributed by atoms with Crippen molar-refractivity contribution in [2.45, 2.75) is 37.0 Å². The molecule has 2 rings (SSSR count). The molecule has 0 aliphatic heterocycles. The number of hydrogen-bond acceptors (Lipinski definition) is 3. The summed E-state index contributed by atoms with van der Waals surface area (Å²) in [4.78, 5) is 0. The Morgan fingerprint density at radius 1 is 1.47 bits per heavy atom. The van der Waals surface area contributed by atoms with Crippen LogP contribution in [0.3, 0.4) is 0 Å². The number of rotatable bonds is 3. The molecule has 3 nitrogen and oxygen atoms in total.